The maximum Gasteiger partial charge on any atom is 0.261 e. The second-order valence-corrected chi connectivity index (χ2v) is 8.50. The summed E-state index contributed by atoms with van der Waals surface area (Å²) in [7, 11) is -3.75. The van der Waals surface area contributed by atoms with Crippen LogP contribution in [-0.2, 0) is 14.8 Å². The SMILES string of the molecule is CCOc1ccc(NS(=O)(=O)c2ccc(NC(=O)C=Cc3ccc(C)cc3)cc2)cc1. The van der Waals surface area contributed by atoms with Gasteiger partial charge >= 0.3 is 0 Å². The third-order valence-electron chi connectivity index (χ3n) is 4.35. The molecular weight excluding hydrogens is 412 g/mol. The molecule has 6 nitrogen and oxygen atoms in total. The number of ether oxygens (including phenoxy) is 1. The third kappa shape index (κ3) is 6.45. The number of sulfonamides is 1. The molecule has 0 saturated carbocycles. The largest absolute Gasteiger partial charge is 0.494 e. The molecular formula is C24H24N2O4S. The second-order valence-electron chi connectivity index (χ2n) is 6.82. The number of carbonyl (C=O) groups is 1. The smallest absolute Gasteiger partial charge is 0.261 e. The number of hydrogen-bond donors (Lipinski definition) is 2. The fourth-order valence-corrected chi connectivity index (χ4v) is 3.81. The molecule has 3 aromatic carbocycles. The standard InChI is InChI=1S/C24H24N2O4S/c1-3-30-22-13-9-21(10-14-22)26-31(28,29)23-15-11-20(12-16-23)25-24(27)17-8-19-6-4-18(2)5-7-19/h4-17,26H,3H2,1-2H3,(H,25,27). The summed E-state index contributed by atoms with van der Waals surface area (Å²) >= 11 is 0. The number of rotatable bonds is 8. The molecule has 0 aliphatic rings. The monoisotopic (exact) mass is 436 g/mol. The minimum Gasteiger partial charge on any atom is -0.494 e. The van der Waals surface area contributed by atoms with E-state index < -0.39 is 10.0 Å². The maximum absolute atomic E-state index is 12.6. The van der Waals surface area contributed by atoms with Crippen LogP contribution in [0.25, 0.3) is 6.08 Å². The van der Waals surface area contributed by atoms with E-state index >= 15 is 0 Å². The highest BCUT2D eigenvalue weighted by Crippen LogP contribution is 2.21. The van der Waals surface area contributed by atoms with Crippen LogP contribution in [0.3, 0.4) is 0 Å². The van der Waals surface area contributed by atoms with Crippen LogP contribution in [0.5, 0.6) is 5.75 Å². The van der Waals surface area contributed by atoms with Gasteiger partial charge in [0, 0.05) is 17.5 Å². The minimum atomic E-state index is -3.75. The first-order valence-corrected chi connectivity index (χ1v) is 11.3. The Morgan fingerprint density at radius 2 is 1.52 bits per heavy atom. The van der Waals surface area contributed by atoms with Crippen molar-refractivity contribution in [2.75, 3.05) is 16.6 Å². The molecule has 3 rings (SSSR count). The van der Waals surface area contributed by atoms with Gasteiger partial charge in [-0.2, -0.15) is 0 Å². The number of benzene rings is 3. The van der Waals surface area contributed by atoms with Crippen molar-refractivity contribution >= 4 is 33.4 Å². The number of nitrogens with one attached hydrogen (secondary N) is 2. The Kier molecular flexibility index (Phi) is 7.10. The van der Waals surface area contributed by atoms with Gasteiger partial charge in [-0.15, -0.1) is 0 Å². The van der Waals surface area contributed by atoms with Crippen molar-refractivity contribution in [1.82, 2.24) is 0 Å². The molecule has 1 amide bonds. The first-order valence-electron chi connectivity index (χ1n) is 9.77. The van der Waals surface area contributed by atoms with E-state index in [1.54, 1.807) is 42.5 Å². The number of carbonyl (C=O) groups excluding carboxylic acids is 1. The molecule has 160 valence electrons. The normalized spacial score (nSPS) is 11.3. The summed E-state index contributed by atoms with van der Waals surface area (Å²) in [6, 6.07) is 20.4. The Bertz CT molecular complexity index is 1150. The van der Waals surface area contributed by atoms with Gasteiger partial charge in [-0.05, 0) is 74.0 Å². The minimum absolute atomic E-state index is 0.0922. The van der Waals surface area contributed by atoms with E-state index in [0.717, 1.165) is 11.1 Å². The quantitative estimate of drug-likeness (QED) is 0.495. The van der Waals surface area contributed by atoms with Crippen LogP contribution in [0.15, 0.2) is 83.8 Å². The third-order valence-corrected chi connectivity index (χ3v) is 5.75. The van der Waals surface area contributed by atoms with Gasteiger partial charge in [-0.25, -0.2) is 8.42 Å². The van der Waals surface area contributed by atoms with Crippen LogP contribution in [0.1, 0.15) is 18.1 Å². The highest BCUT2D eigenvalue weighted by Gasteiger charge is 2.14. The Labute approximate surface area is 182 Å². The van der Waals surface area contributed by atoms with E-state index in [9.17, 15) is 13.2 Å². The van der Waals surface area contributed by atoms with Gasteiger partial charge in [-0.3, -0.25) is 9.52 Å². The highest BCUT2D eigenvalue weighted by molar-refractivity contribution is 7.92. The second kappa shape index (κ2) is 9.95. The molecule has 0 heterocycles. The average Bonchev–Trinajstić information content (AvgIpc) is 2.75. The van der Waals surface area contributed by atoms with Crippen LogP contribution in [0, 0.1) is 6.92 Å². The fourth-order valence-electron chi connectivity index (χ4n) is 2.75. The first-order chi connectivity index (χ1) is 14.9. The van der Waals surface area contributed by atoms with Crippen molar-refractivity contribution in [2.45, 2.75) is 18.7 Å². The molecule has 0 fully saturated rings. The van der Waals surface area contributed by atoms with Crippen LogP contribution < -0.4 is 14.8 Å². The van der Waals surface area contributed by atoms with E-state index in [-0.39, 0.29) is 10.8 Å². The van der Waals surface area contributed by atoms with Crippen LogP contribution in [0.2, 0.25) is 0 Å². The van der Waals surface area contributed by atoms with Gasteiger partial charge in [0.1, 0.15) is 5.75 Å². The van der Waals surface area contributed by atoms with Gasteiger partial charge in [0.05, 0.1) is 11.5 Å². The van der Waals surface area contributed by atoms with Gasteiger partial charge in [0.15, 0.2) is 0 Å². The summed E-state index contributed by atoms with van der Waals surface area (Å²) in [6.45, 7) is 4.41. The summed E-state index contributed by atoms with van der Waals surface area (Å²) in [5, 5.41) is 2.72. The van der Waals surface area contributed by atoms with Crippen LogP contribution in [-0.4, -0.2) is 20.9 Å². The molecule has 31 heavy (non-hydrogen) atoms. The average molecular weight is 437 g/mol. The lowest BCUT2D eigenvalue weighted by atomic mass is 10.1. The highest BCUT2D eigenvalue weighted by atomic mass is 32.2. The zero-order valence-electron chi connectivity index (χ0n) is 17.3. The van der Waals surface area contributed by atoms with Gasteiger partial charge in [-0.1, -0.05) is 29.8 Å². The molecule has 7 heteroatoms. The molecule has 2 N–H and O–H groups in total. The van der Waals surface area contributed by atoms with E-state index in [1.807, 2.05) is 38.1 Å². The Morgan fingerprint density at radius 3 is 2.13 bits per heavy atom. The first kappa shape index (κ1) is 22.1. The predicted molar refractivity (Wildman–Crippen MR) is 124 cm³/mol. The lowest BCUT2D eigenvalue weighted by Crippen LogP contribution is -2.13. The number of amides is 1. The lowest BCUT2D eigenvalue weighted by Gasteiger charge is -2.10. The zero-order valence-corrected chi connectivity index (χ0v) is 18.1. The molecule has 0 aromatic heterocycles. The molecule has 0 radical (unpaired) electrons. The predicted octanol–water partition coefficient (Wildman–Crippen LogP) is 4.85. The molecule has 0 aliphatic carbocycles. The molecule has 3 aromatic rings. The molecule has 0 saturated heterocycles. The van der Waals surface area contributed by atoms with Crippen molar-refractivity contribution in [3.63, 3.8) is 0 Å². The molecule has 0 spiro atoms. The molecule has 0 aliphatic heterocycles. The number of aryl methyl sites for hydroxylation is 1. The molecule has 0 unspecified atom stereocenters. The lowest BCUT2D eigenvalue weighted by molar-refractivity contribution is -0.111. The summed E-state index contributed by atoms with van der Waals surface area (Å²) in [5.41, 5.74) is 3.00. The van der Waals surface area contributed by atoms with Gasteiger partial charge in [0.2, 0.25) is 5.91 Å². The number of hydrogen-bond acceptors (Lipinski definition) is 4. The van der Waals surface area contributed by atoms with Crippen LogP contribution in [0.4, 0.5) is 11.4 Å². The summed E-state index contributed by atoms with van der Waals surface area (Å²) in [6.07, 6.45) is 3.15. The van der Waals surface area contributed by atoms with E-state index in [2.05, 4.69) is 10.0 Å². The maximum atomic E-state index is 12.6. The number of anilines is 2. The topological polar surface area (TPSA) is 84.5 Å². The zero-order chi connectivity index (χ0) is 22.3. The van der Waals surface area contributed by atoms with Crippen molar-refractivity contribution in [1.29, 1.82) is 0 Å². The van der Waals surface area contributed by atoms with Crippen LogP contribution >= 0.6 is 0 Å². The van der Waals surface area contributed by atoms with Crippen molar-refractivity contribution in [3.05, 3.63) is 90.0 Å². The fraction of sp³-hybridized carbons (Fsp3) is 0.125. The van der Waals surface area contributed by atoms with Crippen molar-refractivity contribution in [3.8, 4) is 5.75 Å². The summed E-state index contributed by atoms with van der Waals surface area (Å²) in [5.74, 6) is 0.366. The summed E-state index contributed by atoms with van der Waals surface area (Å²) < 4.78 is 33.1. The molecule has 0 atom stereocenters. The van der Waals surface area contributed by atoms with Crippen molar-refractivity contribution in [2.24, 2.45) is 0 Å². The Balaban J connectivity index is 1.61. The summed E-state index contributed by atoms with van der Waals surface area (Å²) in [4.78, 5) is 12.2. The van der Waals surface area contributed by atoms with E-state index in [0.29, 0.717) is 23.7 Å². The van der Waals surface area contributed by atoms with E-state index in [4.69, 9.17) is 4.74 Å². The molecule has 0 bridgehead atoms. The Hall–Kier alpha value is -3.58. The van der Waals surface area contributed by atoms with Gasteiger partial charge < -0.3 is 10.1 Å². The van der Waals surface area contributed by atoms with Gasteiger partial charge in [0.25, 0.3) is 10.0 Å². The van der Waals surface area contributed by atoms with E-state index in [1.165, 1.54) is 18.2 Å². The van der Waals surface area contributed by atoms with Crippen molar-refractivity contribution < 1.29 is 17.9 Å². The Morgan fingerprint density at radius 1 is 0.903 bits per heavy atom.